The van der Waals surface area contributed by atoms with Crippen LogP contribution in [0.5, 0.6) is 0 Å². The van der Waals surface area contributed by atoms with Gasteiger partial charge in [-0.3, -0.25) is 4.79 Å². The van der Waals surface area contributed by atoms with Gasteiger partial charge in [-0.15, -0.1) is 5.10 Å². The molecule has 10 heteroatoms. The standard InChI is InChI=1S/C24H21F2N7O/c1-14(34)32-11-3-6-20(32)16-9-7-15(8-10-16)17-12-18(23(27)28-13-17)24-29-30-31-33(24)21-5-2-4-19(25)22(21)26/h2,4-5,7-10,12-13,20H,3,6,11H2,1H3,(H2,27,28). The molecule has 0 saturated carbocycles. The minimum atomic E-state index is -1.07. The molecule has 0 aliphatic carbocycles. The fraction of sp³-hybridized carbons (Fsp3) is 0.208. The number of carbonyl (C=O) groups is 1. The maximum absolute atomic E-state index is 14.4. The van der Waals surface area contributed by atoms with Gasteiger partial charge in [0.1, 0.15) is 11.5 Å². The van der Waals surface area contributed by atoms with Crippen LogP contribution in [0.4, 0.5) is 14.6 Å². The van der Waals surface area contributed by atoms with Crippen molar-refractivity contribution in [1.29, 1.82) is 0 Å². The predicted molar refractivity (Wildman–Crippen MR) is 122 cm³/mol. The highest BCUT2D eigenvalue weighted by Gasteiger charge is 2.27. The number of nitrogen functional groups attached to an aromatic ring is 1. The summed E-state index contributed by atoms with van der Waals surface area (Å²) in [5, 5.41) is 11.4. The summed E-state index contributed by atoms with van der Waals surface area (Å²) >= 11 is 0. The first-order chi connectivity index (χ1) is 16.4. The Labute approximate surface area is 194 Å². The van der Waals surface area contributed by atoms with Gasteiger partial charge in [0.15, 0.2) is 17.5 Å². The lowest BCUT2D eigenvalue weighted by Gasteiger charge is -2.23. The number of halogens is 2. The molecular weight excluding hydrogens is 440 g/mol. The van der Waals surface area contributed by atoms with Crippen molar-refractivity contribution in [3.05, 3.63) is 71.9 Å². The highest BCUT2D eigenvalue weighted by molar-refractivity contribution is 5.77. The molecule has 172 valence electrons. The summed E-state index contributed by atoms with van der Waals surface area (Å²) in [6, 6.07) is 13.5. The highest BCUT2D eigenvalue weighted by atomic mass is 19.2. The molecule has 2 N–H and O–H groups in total. The number of nitrogens with zero attached hydrogens (tertiary/aromatic N) is 6. The van der Waals surface area contributed by atoms with Gasteiger partial charge in [-0.2, -0.15) is 4.68 Å². The van der Waals surface area contributed by atoms with Crippen LogP contribution in [0, 0.1) is 11.6 Å². The minimum Gasteiger partial charge on any atom is -0.383 e. The van der Waals surface area contributed by atoms with Gasteiger partial charge in [0, 0.05) is 25.2 Å². The first-order valence-electron chi connectivity index (χ1n) is 10.8. The van der Waals surface area contributed by atoms with Crippen LogP contribution in [0.3, 0.4) is 0 Å². The lowest BCUT2D eigenvalue weighted by atomic mass is 9.99. The molecule has 1 saturated heterocycles. The molecular formula is C24H21F2N7O. The van der Waals surface area contributed by atoms with Gasteiger partial charge in [0.25, 0.3) is 0 Å². The number of benzene rings is 2. The SMILES string of the molecule is CC(=O)N1CCCC1c1ccc(-c2cnc(N)c(-c3nnnn3-c3cccc(F)c3F)c2)cc1. The molecule has 0 spiro atoms. The van der Waals surface area contributed by atoms with Gasteiger partial charge in [-0.05, 0) is 52.6 Å². The number of hydrogen-bond acceptors (Lipinski definition) is 6. The van der Waals surface area contributed by atoms with Crippen LogP contribution in [0.2, 0.25) is 0 Å². The molecule has 1 aliphatic rings. The zero-order valence-corrected chi connectivity index (χ0v) is 18.3. The van der Waals surface area contributed by atoms with Crippen LogP contribution in [0.15, 0.2) is 54.7 Å². The fourth-order valence-electron chi connectivity index (χ4n) is 4.37. The Balaban J connectivity index is 1.50. The number of nitrogens with two attached hydrogens (primary N) is 1. The van der Waals surface area contributed by atoms with E-state index in [-0.39, 0.29) is 29.3 Å². The molecule has 0 radical (unpaired) electrons. The summed E-state index contributed by atoms with van der Waals surface area (Å²) in [5.41, 5.74) is 9.04. The number of tetrazole rings is 1. The van der Waals surface area contributed by atoms with Gasteiger partial charge >= 0.3 is 0 Å². The van der Waals surface area contributed by atoms with Crippen molar-refractivity contribution in [2.45, 2.75) is 25.8 Å². The van der Waals surface area contributed by atoms with Crippen LogP contribution < -0.4 is 5.73 Å². The van der Waals surface area contributed by atoms with Crippen LogP contribution >= 0.6 is 0 Å². The van der Waals surface area contributed by atoms with E-state index in [4.69, 9.17) is 5.73 Å². The van der Waals surface area contributed by atoms with Crippen LogP contribution in [0.25, 0.3) is 28.2 Å². The molecule has 2 aromatic carbocycles. The second-order valence-electron chi connectivity index (χ2n) is 8.14. The van der Waals surface area contributed by atoms with Gasteiger partial charge in [0.05, 0.1) is 11.6 Å². The molecule has 5 rings (SSSR count). The number of rotatable bonds is 4. The Hall–Kier alpha value is -4.21. The molecule has 1 atom stereocenters. The quantitative estimate of drug-likeness (QED) is 0.494. The van der Waals surface area contributed by atoms with Crippen molar-refractivity contribution in [2.75, 3.05) is 12.3 Å². The zero-order chi connectivity index (χ0) is 23.8. The molecule has 8 nitrogen and oxygen atoms in total. The third-order valence-electron chi connectivity index (χ3n) is 6.07. The molecule has 1 aliphatic heterocycles. The summed E-state index contributed by atoms with van der Waals surface area (Å²) in [7, 11) is 0. The van der Waals surface area contributed by atoms with Gasteiger partial charge in [-0.1, -0.05) is 30.3 Å². The van der Waals surface area contributed by atoms with Crippen molar-refractivity contribution in [2.24, 2.45) is 0 Å². The number of pyridine rings is 1. The number of aromatic nitrogens is 5. The maximum Gasteiger partial charge on any atom is 0.219 e. The van der Waals surface area contributed by atoms with E-state index in [2.05, 4.69) is 20.5 Å². The van der Waals surface area contributed by atoms with E-state index in [1.807, 2.05) is 29.2 Å². The van der Waals surface area contributed by atoms with E-state index in [0.29, 0.717) is 5.56 Å². The molecule has 34 heavy (non-hydrogen) atoms. The summed E-state index contributed by atoms with van der Waals surface area (Å²) in [6.45, 7) is 2.37. The predicted octanol–water partition coefficient (Wildman–Crippen LogP) is 3.94. The normalized spacial score (nSPS) is 15.6. The Morgan fingerprint density at radius 1 is 1.12 bits per heavy atom. The minimum absolute atomic E-state index is 0.0754. The molecule has 4 aromatic rings. The molecule has 1 fully saturated rings. The topological polar surface area (TPSA) is 103 Å². The molecule has 2 aromatic heterocycles. The van der Waals surface area contributed by atoms with E-state index in [0.717, 1.165) is 46.8 Å². The highest BCUT2D eigenvalue weighted by Crippen LogP contribution is 2.34. The van der Waals surface area contributed by atoms with Crippen molar-refractivity contribution >= 4 is 11.7 Å². The summed E-state index contributed by atoms with van der Waals surface area (Å²) in [4.78, 5) is 18.1. The Kier molecular flexibility index (Phi) is 5.48. The van der Waals surface area contributed by atoms with Crippen molar-refractivity contribution < 1.29 is 13.6 Å². The lowest BCUT2D eigenvalue weighted by Crippen LogP contribution is -2.27. The zero-order valence-electron chi connectivity index (χ0n) is 18.3. The number of likely N-dealkylation sites (tertiary alicyclic amines) is 1. The molecule has 1 unspecified atom stereocenters. The van der Waals surface area contributed by atoms with Crippen molar-refractivity contribution in [3.8, 4) is 28.2 Å². The number of amides is 1. The Bertz CT molecular complexity index is 1370. The molecule has 3 heterocycles. The number of carbonyl (C=O) groups excluding carboxylic acids is 1. The van der Waals surface area contributed by atoms with Gasteiger partial charge in [-0.25, -0.2) is 13.8 Å². The second kappa shape index (κ2) is 8.62. The first kappa shape index (κ1) is 21.6. The summed E-state index contributed by atoms with van der Waals surface area (Å²) in [5.74, 6) is -1.72. The second-order valence-corrected chi connectivity index (χ2v) is 8.14. The molecule has 1 amide bonds. The van der Waals surface area contributed by atoms with Crippen LogP contribution in [-0.2, 0) is 4.79 Å². The van der Waals surface area contributed by atoms with E-state index >= 15 is 0 Å². The summed E-state index contributed by atoms with van der Waals surface area (Å²) < 4.78 is 29.2. The van der Waals surface area contributed by atoms with E-state index in [1.165, 1.54) is 12.1 Å². The largest absolute Gasteiger partial charge is 0.383 e. The number of anilines is 1. The van der Waals surface area contributed by atoms with Crippen LogP contribution in [-0.4, -0.2) is 42.5 Å². The van der Waals surface area contributed by atoms with E-state index < -0.39 is 11.6 Å². The van der Waals surface area contributed by atoms with Crippen LogP contribution in [0.1, 0.15) is 31.4 Å². The lowest BCUT2D eigenvalue weighted by molar-refractivity contribution is -0.129. The fourth-order valence-corrected chi connectivity index (χ4v) is 4.37. The number of hydrogen-bond donors (Lipinski definition) is 1. The third kappa shape index (κ3) is 3.76. The van der Waals surface area contributed by atoms with E-state index in [9.17, 15) is 13.6 Å². The average molecular weight is 461 g/mol. The third-order valence-corrected chi connectivity index (χ3v) is 6.07. The van der Waals surface area contributed by atoms with E-state index in [1.54, 1.807) is 19.2 Å². The maximum atomic E-state index is 14.4. The first-order valence-corrected chi connectivity index (χ1v) is 10.8. The Morgan fingerprint density at radius 3 is 2.68 bits per heavy atom. The smallest absolute Gasteiger partial charge is 0.219 e. The average Bonchev–Trinajstić information content (AvgIpc) is 3.52. The van der Waals surface area contributed by atoms with Gasteiger partial charge < -0.3 is 10.6 Å². The summed E-state index contributed by atoms with van der Waals surface area (Å²) in [6.07, 6.45) is 3.55. The van der Waals surface area contributed by atoms with Crippen molar-refractivity contribution in [3.63, 3.8) is 0 Å². The molecule has 0 bridgehead atoms. The van der Waals surface area contributed by atoms with Gasteiger partial charge in [0.2, 0.25) is 5.91 Å². The van der Waals surface area contributed by atoms with Crippen molar-refractivity contribution in [1.82, 2.24) is 30.1 Å². The monoisotopic (exact) mass is 461 g/mol. The Morgan fingerprint density at radius 2 is 1.91 bits per heavy atom.